The molecule has 10 rings (SSSR count). The molecule has 1 heteroatoms. The van der Waals surface area contributed by atoms with Gasteiger partial charge >= 0.3 is 0 Å². The second kappa shape index (κ2) is 9.50. The Labute approximate surface area is 264 Å². The second-order valence-corrected chi connectivity index (χ2v) is 13.1. The molecule has 45 heavy (non-hydrogen) atoms. The van der Waals surface area contributed by atoms with Crippen LogP contribution in [0.4, 0.5) is 0 Å². The van der Waals surface area contributed by atoms with Crippen LogP contribution in [0.5, 0.6) is 0 Å². The minimum Gasteiger partial charge on any atom is -0.135 e. The molecule has 0 amide bonds. The summed E-state index contributed by atoms with van der Waals surface area (Å²) in [5.74, 6) is 0. The monoisotopic (exact) mass is 586 g/mol. The molecule has 0 saturated carbocycles. The van der Waals surface area contributed by atoms with Crippen LogP contribution in [0, 0.1) is 0 Å². The van der Waals surface area contributed by atoms with E-state index in [0.29, 0.717) is 0 Å². The summed E-state index contributed by atoms with van der Waals surface area (Å²) in [6.07, 6.45) is 0. The molecule has 0 nitrogen and oxygen atoms in total. The maximum absolute atomic E-state index is 2.42. The average molecular weight is 587 g/mol. The highest BCUT2D eigenvalue weighted by Crippen LogP contribution is 2.45. The van der Waals surface area contributed by atoms with Crippen LogP contribution in [0.3, 0.4) is 0 Å². The second-order valence-electron chi connectivity index (χ2n) is 12.1. The Balaban J connectivity index is 1.21. The molecule has 0 saturated heterocycles. The van der Waals surface area contributed by atoms with Crippen LogP contribution < -0.4 is 0 Å². The lowest BCUT2D eigenvalue weighted by Crippen LogP contribution is -1.91. The standard InChI is InChI=1S/C44H26S/c1-2-8-32-25-33(20-15-27(32)7-1)40-26-39(36-23-21-30-9-5-10-31-22-24-37(40)43(36)42(30)31)29-18-16-28(17-19-29)34-12-6-13-38-35-11-3-4-14-41(35)45-44(34)38/h1-26H. The topological polar surface area (TPSA) is 0 Å². The average Bonchev–Trinajstić information content (AvgIpc) is 3.49. The van der Waals surface area contributed by atoms with E-state index < -0.39 is 0 Å². The zero-order valence-electron chi connectivity index (χ0n) is 24.4. The van der Waals surface area contributed by atoms with Crippen molar-refractivity contribution in [1.82, 2.24) is 0 Å². The molecule has 0 N–H and O–H groups in total. The molecular weight excluding hydrogens is 561 g/mol. The lowest BCUT2D eigenvalue weighted by Gasteiger charge is -2.18. The van der Waals surface area contributed by atoms with Gasteiger partial charge in [0.2, 0.25) is 0 Å². The molecule has 9 aromatic carbocycles. The maximum atomic E-state index is 2.42. The minimum atomic E-state index is 1.24. The Morgan fingerprint density at radius 2 is 0.889 bits per heavy atom. The lowest BCUT2D eigenvalue weighted by molar-refractivity contribution is 1.63. The summed E-state index contributed by atoms with van der Waals surface area (Å²) in [5, 5.41) is 13.1. The summed E-state index contributed by atoms with van der Waals surface area (Å²) in [6.45, 7) is 0. The molecule has 0 aliphatic rings. The number of benzene rings is 9. The highest BCUT2D eigenvalue weighted by Gasteiger charge is 2.17. The van der Waals surface area contributed by atoms with Crippen molar-refractivity contribution in [3.8, 4) is 33.4 Å². The molecule has 0 atom stereocenters. The van der Waals surface area contributed by atoms with Crippen LogP contribution in [-0.4, -0.2) is 0 Å². The summed E-state index contributed by atoms with van der Waals surface area (Å²) < 4.78 is 2.69. The largest absolute Gasteiger partial charge is 0.135 e. The predicted octanol–water partition coefficient (Wildman–Crippen LogP) is 13.1. The van der Waals surface area contributed by atoms with E-state index in [2.05, 4.69) is 158 Å². The molecule has 0 bridgehead atoms. The third-order valence-electron chi connectivity index (χ3n) is 9.62. The lowest BCUT2D eigenvalue weighted by atomic mass is 9.85. The summed E-state index contributed by atoms with van der Waals surface area (Å²) in [5.41, 5.74) is 7.59. The smallest absolute Gasteiger partial charge is 0.0433 e. The highest BCUT2D eigenvalue weighted by molar-refractivity contribution is 7.26. The van der Waals surface area contributed by atoms with E-state index in [-0.39, 0.29) is 0 Å². The Kier molecular flexibility index (Phi) is 5.25. The van der Waals surface area contributed by atoms with Crippen LogP contribution in [0.15, 0.2) is 158 Å². The fraction of sp³-hybridized carbons (Fsp3) is 0. The van der Waals surface area contributed by atoms with Crippen molar-refractivity contribution in [2.24, 2.45) is 0 Å². The van der Waals surface area contributed by atoms with Gasteiger partial charge in [0, 0.05) is 20.2 Å². The van der Waals surface area contributed by atoms with Gasteiger partial charge in [-0.1, -0.05) is 140 Å². The van der Waals surface area contributed by atoms with Crippen LogP contribution in [-0.2, 0) is 0 Å². The fourth-order valence-electron chi connectivity index (χ4n) is 7.47. The number of rotatable bonds is 3. The van der Waals surface area contributed by atoms with Crippen molar-refractivity contribution < 1.29 is 0 Å². The van der Waals surface area contributed by atoms with Gasteiger partial charge in [-0.05, 0) is 94.7 Å². The van der Waals surface area contributed by atoms with Gasteiger partial charge in [-0.15, -0.1) is 11.3 Å². The van der Waals surface area contributed by atoms with Crippen LogP contribution in [0.1, 0.15) is 0 Å². The molecule has 0 radical (unpaired) electrons. The Morgan fingerprint density at radius 3 is 1.69 bits per heavy atom. The first-order chi connectivity index (χ1) is 22.3. The summed E-state index contributed by atoms with van der Waals surface area (Å²) >= 11 is 1.89. The summed E-state index contributed by atoms with van der Waals surface area (Å²) in [7, 11) is 0. The molecule has 10 aromatic rings. The van der Waals surface area contributed by atoms with Gasteiger partial charge in [0.15, 0.2) is 0 Å². The number of hydrogen-bond acceptors (Lipinski definition) is 1. The maximum Gasteiger partial charge on any atom is 0.0433 e. The van der Waals surface area contributed by atoms with E-state index in [0.717, 1.165) is 0 Å². The predicted molar refractivity (Wildman–Crippen MR) is 197 cm³/mol. The van der Waals surface area contributed by atoms with E-state index in [1.165, 1.54) is 96.6 Å². The first kappa shape index (κ1) is 24.9. The molecular formula is C44H26S. The first-order valence-corrected chi connectivity index (χ1v) is 16.3. The van der Waals surface area contributed by atoms with Crippen molar-refractivity contribution in [1.29, 1.82) is 0 Å². The van der Waals surface area contributed by atoms with Crippen LogP contribution in [0.2, 0.25) is 0 Å². The summed E-state index contributed by atoms with van der Waals surface area (Å²) in [4.78, 5) is 0. The van der Waals surface area contributed by atoms with E-state index in [4.69, 9.17) is 0 Å². The third kappa shape index (κ3) is 3.72. The third-order valence-corrected chi connectivity index (χ3v) is 10.8. The molecule has 0 spiro atoms. The highest BCUT2D eigenvalue weighted by atomic mass is 32.1. The van der Waals surface area contributed by atoms with Gasteiger partial charge in [-0.25, -0.2) is 0 Å². The normalized spacial score (nSPS) is 12.0. The Bertz CT molecular complexity index is 2730. The van der Waals surface area contributed by atoms with Crippen molar-refractivity contribution in [3.63, 3.8) is 0 Å². The van der Waals surface area contributed by atoms with E-state index in [9.17, 15) is 0 Å². The first-order valence-electron chi connectivity index (χ1n) is 15.5. The van der Waals surface area contributed by atoms with Gasteiger partial charge in [0.25, 0.3) is 0 Å². The van der Waals surface area contributed by atoms with Crippen LogP contribution >= 0.6 is 11.3 Å². The SMILES string of the molecule is c1ccc2cc(-c3cc(-c4ccc(-c5cccc6c5sc5ccccc56)cc4)c4ccc5cccc6ccc3c4c56)ccc2c1. The van der Waals surface area contributed by atoms with Crippen molar-refractivity contribution in [2.75, 3.05) is 0 Å². The van der Waals surface area contributed by atoms with Gasteiger partial charge in [0.1, 0.15) is 0 Å². The van der Waals surface area contributed by atoms with Crippen molar-refractivity contribution in [3.05, 3.63) is 158 Å². The minimum absolute atomic E-state index is 1.24. The van der Waals surface area contributed by atoms with Gasteiger partial charge in [0.05, 0.1) is 0 Å². The van der Waals surface area contributed by atoms with E-state index >= 15 is 0 Å². The Hall–Kier alpha value is -5.50. The molecule has 1 aromatic heterocycles. The Morgan fingerprint density at radius 1 is 0.311 bits per heavy atom. The number of hydrogen-bond donors (Lipinski definition) is 0. The quantitative estimate of drug-likeness (QED) is 0.181. The van der Waals surface area contributed by atoms with Crippen molar-refractivity contribution >= 4 is 74.6 Å². The zero-order chi connectivity index (χ0) is 29.5. The number of fused-ring (bicyclic) bond motifs is 4. The molecule has 208 valence electrons. The molecule has 0 aliphatic heterocycles. The number of thiophene rings is 1. The van der Waals surface area contributed by atoms with E-state index in [1.807, 2.05) is 11.3 Å². The molecule has 0 fully saturated rings. The van der Waals surface area contributed by atoms with Crippen LogP contribution in [0.25, 0.3) is 96.6 Å². The fourth-order valence-corrected chi connectivity index (χ4v) is 8.71. The zero-order valence-corrected chi connectivity index (χ0v) is 25.2. The van der Waals surface area contributed by atoms with Crippen molar-refractivity contribution in [2.45, 2.75) is 0 Å². The van der Waals surface area contributed by atoms with Gasteiger partial charge in [-0.2, -0.15) is 0 Å². The molecule has 1 heterocycles. The van der Waals surface area contributed by atoms with E-state index in [1.54, 1.807) is 0 Å². The van der Waals surface area contributed by atoms with Gasteiger partial charge in [-0.3, -0.25) is 0 Å². The van der Waals surface area contributed by atoms with Gasteiger partial charge < -0.3 is 0 Å². The molecule has 0 aliphatic carbocycles. The summed E-state index contributed by atoms with van der Waals surface area (Å²) in [6, 6.07) is 58.6. The molecule has 0 unspecified atom stereocenters.